The number of imide groups is 1. The van der Waals surface area contributed by atoms with Gasteiger partial charge in [-0.05, 0) is 117 Å². The molecule has 300 valence electrons. The molecule has 8 rings (SSSR count). The van der Waals surface area contributed by atoms with Crippen LogP contribution in [0, 0.1) is 24.1 Å². The molecule has 2 bridgehead atoms. The van der Waals surface area contributed by atoms with Crippen molar-refractivity contribution in [2.75, 3.05) is 60.9 Å². The Morgan fingerprint density at radius 1 is 0.982 bits per heavy atom. The minimum Gasteiger partial charge on any atom is -0.369 e. The first-order valence-corrected chi connectivity index (χ1v) is 20.7. The Morgan fingerprint density at radius 3 is 2.46 bits per heavy atom. The zero-order chi connectivity index (χ0) is 39.2. The van der Waals surface area contributed by atoms with Gasteiger partial charge in [0.2, 0.25) is 17.8 Å². The molecule has 3 saturated heterocycles. The van der Waals surface area contributed by atoms with Gasteiger partial charge in [-0.3, -0.25) is 24.5 Å². The number of halogens is 4. The number of benzene rings is 2. The Kier molecular flexibility index (Phi) is 10.7. The molecule has 56 heavy (non-hydrogen) atoms. The number of fused-ring (bicyclic) bond motifs is 2. The third-order valence-corrected chi connectivity index (χ3v) is 13.8. The Balaban J connectivity index is 0.835. The van der Waals surface area contributed by atoms with E-state index in [0.717, 1.165) is 92.9 Å². The molecule has 3 aromatic rings. The van der Waals surface area contributed by atoms with Gasteiger partial charge in [0.1, 0.15) is 17.2 Å². The van der Waals surface area contributed by atoms with Crippen molar-refractivity contribution in [1.29, 1.82) is 0 Å². The van der Waals surface area contributed by atoms with Crippen LogP contribution >= 0.6 is 11.9 Å². The molecule has 5 fully saturated rings. The van der Waals surface area contributed by atoms with Crippen LogP contribution in [0.15, 0.2) is 47.5 Å². The highest BCUT2D eigenvalue weighted by Crippen LogP contribution is 2.57. The van der Waals surface area contributed by atoms with Crippen molar-refractivity contribution in [2.24, 2.45) is 11.3 Å². The van der Waals surface area contributed by atoms with Crippen molar-refractivity contribution >= 4 is 46.9 Å². The van der Waals surface area contributed by atoms with Crippen molar-refractivity contribution in [3.05, 3.63) is 65.1 Å². The maximum atomic E-state index is 15.2. The van der Waals surface area contributed by atoms with Crippen molar-refractivity contribution < 1.29 is 27.2 Å². The lowest BCUT2D eigenvalue weighted by Crippen LogP contribution is -2.49. The maximum Gasteiger partial charge on any atom is 0.421 e. The highest BCUT2D eigenvalue weighted by atomic mass is 32.2. The first-order chi connectivity index (χ1) is 26.8. The van der Waals surface area contributed by atoms with Gasteiger partial charge in [-0.25, -0.2) is 9.37 Å². The summed E-state index contributed by atoms with van der Waals surface area (Å²) in [5.74, 6) is -1.38. The monoisotopic (exact) mass is 794 g/mol. The molecule has 0 radical (unpaired) electrons. The summed E-state index contributed by atoms with van der Waals surface area (Å²) in [6, 6.07) is 11.2. The van der Waals surface area contributed by atoms with Gasteiger partial charge in [0, 0.05) is 85.8 Å². The molecule has 2 saturated carbocycles. The van der Waals surface area contributed by atoms with Crippen molar-refractivity contribution in [3.63, 3.8) is 0 Å². The Morgan fingerprint density at radius 2 is 1.77 bits per heavy atom. The Hall–Kier alpha value is -3.95. The third-order valence-electron chi connectivity index (χ3n) is 12.7. The molecular weight excluding hydrogens is 745 g/mol. The second-order valence-corrected chi connectivity index (χ2v) is 17.7. The number of carbonyl (C=O) groups is 2. The lowest BCUT2D eigenvalue weighted by Gasteiger charge is -2.40. The van der Waals surface area contributed by atoms with Crippen LogP contribution in [0.1, 0.15) is 87.3 Å². The van der Waals surface area contributed by atoms with Crippen LogP contribution in [0.2, 0.25) is 0 Å². The number of hydrogen-bond donors (Lipinski definition) is 3. The summed E-state index contributed by atoms with van der Waals surface area (Å²) in [5, 5.41) is 5.50. The van der Waals surface area contributed by atoms with Crippen LogP contribution in [-0.4, -0.2) is 78.0 Å². The van der Waals surface area contributed by atoms with E-state index in [1.807, 2.05) is 25.1 Å². The fraction of sp³-hybridized carbons (Fsp3) is 0.561. The van der Waals surface area contributed by atoms with Crippen molar-refractivity contribution in [2.45, 2.75) is 94.2 Å². The second kappa shape index (κ2) is 15.4. The quantitative estimate of drug-likeness (QED) is 0.108. The molecule has 10 nitrogen and oxygen atoms in total. The van der Waals surface area contributed by atoms with Gasteiger partial charge in [0.05, 0.1) is 5.92 Å². The fourth-order valence-electron chi connectivity index (χ4n) is 9.69. The number of anilines is 4. The molecule has 2 atom stereocenters. The normalized spacial score (nSPS) is 27.2. The van der Waals surface area contributed by atoms with E-state index in [4.69, 9.17) is 0 Å². The summed E-state index contributed by atoms with van der Waals surface area (Å²) >= 11 is 1.65. The Labute approximate surface area is 329 Å². The highest BCUT2D eigenvalue weighted by Gasteiger charge is 2.54. The number of piperazine rings is 1. The molecular formula is C41H50F4N8O2S. The van der Waals surface area contributed by atoms with Crippen molar-refractivity contribution in [1.82, 2.24) is 24.9 Å². The standard InChI is InChI=1S/C41H50F4N8O2S/c1-26-4-3-15-53(23-26)36-32(41(43,44)45)22-46-38(49-36)47-34-9-6-29(20-27(34)2)56-50-40-13-11-39(24-40,12-14-40)25-51-16-18-52(19-17-51)28-5-7-30(33(42)21-28)31-8-10-35(54)48-37(31)55/h5-7,9,20-22,26,31,50H,3-4,8,10-19,23-25H2,1-2H3,(H,46,47,49)(H,48,54,55). The average Bonchev–Trinajstić information content (AvgIpc) is 3.71. The molecule has 2 aromatic carbocycles. The van der Waals surface area contributed by atoms with E-state index in [2.05, 4.69) is 48.1 Å². The van der Waals surface area contributed by atoms with Crippen molar-refractivity contribution in [3.8, 4) is 0 Å². The molecule has 2 amide bonds. The molecule has 1 aromatic heterocycles. The van der Waals surface area contributed by atoms with Crippen LogP contribution in [0.3, 0.4) is 0 Å². The molecule has 5 aliphatic rings. The minimum atomic E-state index is -4.54. The smallest absolute Gasteiger partial charge is 0.369 e. The molecule has 0 spiro atoms. The molecule has 2 unspecified atom stereocenters. The van der Waals surface area contributed by atoms with Gasteiger partial charge < -0.3 is 15.1 Å². The van der Waals surface area contributed by atoms with Gasteiger partial charge >= 0.3 is 6.18 Å². The third kappa shape index (κ3) is 8.22. The summed E-state index contributed by atoms with van der Waals surface area (Å²) in [5.41, 5.74) is 2.42. The number of hydrogen-bond acceptors (Lipinski definition) is 10. The number of rotatable bonds is 10. The van der Waals surface area contributed by atoms with E-state index in [1.54, 1.807) is 22.9 Å². The van der Waals surface area contributed by atoms with E-state index in [1.165, 1.54) is 18.9 Å². The van der Waals surface area contributed by atoms with E-state index in [0.29, 0.717) is 31.0 Å². The van der Waals surface area contributed by atoms with Crippen LogP contribution in [-0.2, 0) is 15.8 Å². The SMILES string of the molecule is Cc1cc(SNC23CCC(CN4CCN(c5ccc(C6CCC(=O)NC6=O)c(F)c5)CC4)(CC2)C3)ccc1Nc1ncc(C(F)(F)F)c(N2CCCC(C)C2)n1. The number of alkyl halides is 3. The predicted molar refractivity (Wildman–Crippen MR) is 210 cm³/mol. The first kappa shape index (κ1) is 38.9. The van der Waals surface area contributed by atoms with E-state index in [9.17, 15) is 22.8 Å². The van der Waals surface area contributed by atoms with Gasteiger partial charge in [-0.2, -0.15) is 18.2 Å². The molecule has 3 N–H and O–H groups in total. The van der Waals surface area contributed by atoms with Crippen LogP contribution in [0.5, 0.6) is 0 Å². The number of aromatic nitrogens is 2. The van der Waals surface area contributed by atoms with E-state index >= 15 is 4.39 Å². The lowest BCUT2D eigenvalue weighted by molar-refractivity contribution is -0.138. The van der Waals surface area contributed by atoms with Gasteiger partial charge in [-0.1, -0.05) is 13.0 Å². The minimum absolute atomic E-state index is 0.0615. The number of aryl methyl sites for hydroxylation is 1. The largest absolute Gasteiger partial charge is 0.421 e. The summed E-state index contributed by atoms with van der Waals surface area (Å²) in [6.45, 7) is 9.59. The number of nitrogens with zero attached hydrogens (tertiary/aromatic N) is 5. The maximum absolute atomic E-state index is 15.2. The van der Waals surface area contributed by atoms with E-state index in [-0.39, 0.29) is 35.0 Å². The predicted octanol–water partition coefficient (Wildman–Crippen LogP) is 7.56. The average molecular weight is 795 g/mol. The van der Waals surface area contributed by atoms with Crippen LogP contribution in [0.4, 0.5) is 40.7 Å². The number of carbonyl (C=O) groups excluding carboxylic acids is 2. The number of amides is 2. The number of piperidine rings is 2. The fourth-order valence-corrected chi connectivity index (χ4v) is 10.7. The molecule has 4 heterocycles. The van der Waals surface area contributed by atoms with Crippen LogP contribution < -0.4 is 25.2 Å². The van der Waals surface area contributed by atoms with Crippen LogP contribution in [0.25, 0.3) is 0 Å². The van der Waals surface area contributed by atoms with Gasteiger partial charge in [0.15, 0.2) is 0 Å². The van der Waals surface area contributed by atoms with E-state index < -0.39 is 29.4 Å². The van der Waals surface area contributed by atoms with Gasteiger partial charge in [-0.15, -0.1) is 0 Å². The van der Waals surface area contributed by atoms with Gasteiger partial charge in [0.25, 0.3) is 0 Å². The number of nitrogens with one attached hydrogen (secondary N) is 3. The first-order valence-electron chi connectivity index (χ1n) is 19.9. The lowest BCUT2D eigenvalue weighted by atomic mass is 9.83. The molecule has 15 heteroatoms. The second-order valence-electron chi connectivity index (χ2n) is 16.9. The zero-order valence-electron chi connectivity index (χ0n) is 32.0. The molecule has 2 aliphatic carbocycles. The highest BCUT2D eigenvalue weighted by molar-refractivity contribution is 7.97. The summed E-state index contributed by atoms with van der Waals surface area (Å²) in [7, 11) is 0. The zero-order valence-corrected chi connectivity index (χ0v) is 32.8. The summed E-state index contributed by atoms with van der Waals surface area (Å²) in [4.78, 5) is 39.9. The molecule has 3 aliphatic heterocycles. The summed E-state index contributed by atoms with van der Waals surface area (Å²) < 4.78 is 60.8. The topological polar surface area (TPSA) is 106 Å². The summed E-state index contributed by atoms with van der Waals surface area (Å²) in [6.07, 6.45) is 4.47. The Bertz CT molecular complexity index is 1960.